The van der Waals surface area contributed by atoms with Gasteiger partial charge in [0.2, 0.25) is 0 Å². The van der Waals surface area contributed by atoms with Gasteiger partial charge in [0.15, 0.2) is 5.91 Å². The second kappa shape index (κ2) is 4.16. The summed E-state index contributed by atoms with van der Waals surface area (Å²) >= 11 is 0. The van der Waals surface area contributed by atoms with Crippen LogP contribution < -0.4 is 0 Å². The third-order valence-corrected chi connectivity index (χ3v) is 0.804. The van der Waals surface area contributed by atoms with Crippen molar-refractivity contribution in [3.63, 3.8) is 0 Å². The predicted molar refractivity (Wildman–Crippen MR) is 25.7 cm³/mol. The molecule has 0 aromatic carbocycles. The van der Waals surface area contributed by atoms with Crippen LogP contribution in [0.2, 0.25) is 0 Å². The predicted octanol–water partition coefficient (Wildman–Crippen LogP) is 1.35. The number of hydrogen-bond acceptors (Lipinski definition) is 1. The number of hydrogen-bond donors (Lipinski definition) is 1. The van der Waals surface area contributed by atoms with Crippen molar-refractivity contribution in [1.82, 2.24) is 0 Å². The summed E-state index contributed by atoms with van der Waals surface area (Å²) in [7, 11) is -0.855. The van der Waals surface area contributed by atoms with Gasteiger partial charge in [-0.3, -0.25) is 0 Å². The van der Waals surface area contributed by atoms with Gasteiger partial charge in [0.1, 0.15) is 0 Å². The van der Waals surface area contributed by atoms with E-state index in [1.165, 1.54) is 0 Å². The molecule has 0 fully saturated rings. The molecule has 0 aliphatic carbocycles. The number of allylic oxidation sites excluding steroid dienone is 1. The lowest BCUT2D eigenvalue weighted by atomic mass is 10.7. The molecule has 1 N–H and O–H groups in total. The molecule has 0 saturated heterocycles. The van der Waals surface area contributed by atoms with Crippen molar-refractivity contribution in [2.45, 2.75) is 5.91 Å². The summed E-state index contributed by atoms with van der Waals surface area (Å²) in [4.78, 5) is 7.90. The minimum absolute atomic E-state index is 0.0773. The molecule has 0 spiro atoms. The molecule has 42 valence electrons. The van der Waals surface area contributed by atoms with Gasteiger partial charge in [-0.25, -0.2) is 8.78 Å². The third kappa shape index (κ3) is 3.83. The van der Waals surface area contributed by atoms with E-state index in [4.69, 9.17) is 4.89 Å². The minimum Gasteiger partial charge on any atom is -0.374 e. The van der Waals surface area contributed by atoms with Crippen LogP contribution in [0.4, 0.5) is 8.78 Å². The van der Waals surface area contributed by atoms with E-state index in [2.05, 4.69) is 0 Å². The Morgan fingerprint density at radius 1 is 1.71 bits per heavy atom. The summed E-state index contributed by atoms with van der Waals surface area (Å²) in [6.07, 6.45) is 0.729. The lowest BCUT2D eigenvalue weighted by molar-refractivity contribution is 0.481. The van der Waals surface area contributed by atoms with Crippen molar-refractivity contribution in [2.75, 3.05) is 0 Å². The van der Waals surface area contributed by atoms with Crippen molar-refractivity contribution in [3.8, 4) is 0 Å². The van der Waals surface area contributed by atoms with E-state index in [1.807, 2.05) is 0 Å². The molecule has 7 heavy (non-hydrogen) atoms. The van der Waals surface area contributed by atoms with Crippen LogP contribution in [0.1, 0.15) is 0 Å². The second-order valence-electron chi connectivity index (χ2n) is 0.849. The topological polar surface area (TPSA) is 20.2 Å². The first-order valence-corrected chi connectivity index (χ1v) is 2.64. The number of halogens is 2. The van der Waals surface area contributed by atoms with E-state index in [1.54, 1.807) is 0 Å². The molecule has 0 amide bonds. The molecule has 0 rings (SSSR count). The SMILES string of the molecule is OPC(F)C=CF. The third-order valence-electron chi connectivity index (χ3n) is 0.365. The Morgan fingerprint density at radius 2 is 2.29 bits per heavy atom. The highest BCUT2D eigenvalue weighted by Crippen LogP contribution is 2.14. The fourth-order valence-corrected chi connectivity index (χ4v) is 0.266. The first-order chi connectivity index (χ1) is 3.31. The van der Waals surface area contributed by atoms with Crippen LogP contribution in [0.5, 0.6) is 0 Å². The molecule has 0 aromatic heterocycles. The van der Waals surface area contributed by atoms with Crippen LogP contribution in [0.3, 0.4) is 0 Å². The Morgan fingerprint density at radius 3 is 2.43 bits per heavy atom. The van der Waals surface area contributed by atoms with Crippen LogP contribution in [-0.2, 0) is 0 Å². The highest BCUT2D eigenvalue weighted by atomic mass is 31.1. The molecule has 4 heteroatoms. The molecule has 0 bridgehead atoms. The van der Waals surface area contributed by atoms with Gasteiger partial charge in [-0.2, -0.15) is 0 Å². The van der Waals surface area contributed by atoms with Crippen LogP contribution in [0.25, 0.3) is 0 Å². The zero-order valence-corrected chi connectivity index (χ0v) is 4.44. The summed E-state index contributed by atoms with van der Waals surface area (Å²) in [5.41, 5.74) is 0. The molecule has 2 unspecified atom stereocenters. The fourth-order valence-electron chi connectivity index (χ4n) is 0.107. The smallest absolute Gasteiger partial charge is 0.161 e. The van der Waals surface area contributed by atoms with E-state index < -0.39 is 14.7 Å². The minimum atomic E-state index is -1.52. The lowest BCUT2D eigenvalue weighted by Crippen LogP contribution is -1.79. The Balaban J connectivity index is 3.16. The standard InChI is InChI=1S/C3H5F2OP/c4-2-1-3(5)7-6/h1-3,6-7H. The van der Waals surface area contributed by atoms with Gasteiger partial charge in [-0.05, 0) is 6.08 Å². The van der Waals surface area contributed by atoms with E-state index in [0.29, 0.717) is 6.08 Å². The highest BCUT2D eigenvalue weighted by Gasteiger charge is 1.94. The van der Waals surface area contributed by atoms with E-state index >= 15 is 0 Å². The van der Waals surface area contributed by atoms with Crippen LogP contribution >= 0.6 is 8.81 Å². The first-order valence-electron chi connectivity index (χ1n) is 1.62. The summed E-state index contributed by atoms with van der Waals surface area (Å²) in [6, 6.07) is 0. The second-order valence-corrected chi connectivity index (χ2v) is 1.66. The zero-order chi connectivity index (χ0) is 5.70. The molecule has 0 saturated carbocycles. The summed E-state index contributed by atoms with van der Waals surface area (Å²) in [5, 5.41) is 0. The van der Waals surface area contributed by atoms with E-state index in [-0.39, 0.29) is 6.33 Å². The molecule has 1 nitrogen and oxygen atoms in total. The van der Waals surface area contributed by atoms with Gasteiger partial charge < -0.3 is 4.89 Å². The quantitative estimate of drug-likeness (QED) is 0.553. The van der Waals surface area contributed by atoms with Gasteiger partial charge in [0.25, 0.3) is 0 Å². The molecular formula is C3H5F2OP. The van der Waals surface area contributed by atoms with Crippen LogP contribution in [-0.4, -0.2) is 10.8 Å². The van der Waals surface area contributed by atoms with E-state index in [0.717, 1.165) is 0 Å². The Bertz CT molecular complexity index is 66.0. The fraction of sp³-hybridized carbons (Fsp3) is 0.333. The highest BCUT2D eigenvalue weighted by molar-refractivity contribution is 7.32. The largest absolute Gasteiger partial charge is 0.374 e. The normalized spacial score (nSPS) is 17.0. The summed E-state index contributed by atoms with van der Waals surface area (Å²) < 4.78 is 22.5. The first kappa shape index (κ1) is 6.99. The van der Waals surface area contributed by atoms with Gasteiger partial charge in [0.05, 0.1) is 15.1 Å². The molecule has 0 aliphatic rings. The van der Waals surface area contributed by atoms with Crippen LogP contribution in [0.15, 0.2) is 12.4 Å². The zero-order valence-electron chi connectivity index (χ0n) is 3.44. The summed E-state index contributed by atoms with van der Waals surface area (Å²) in [6.45, 7) is 0. The monoisotopic (exact) mass is 126 g/mol. The maximum atomic E-state index is 11.6. The van der Waals surface area contributed by atoms with Crippen molar-refractivity contribution >= 4 is 8.81 Å². The maximum absolute atomic E-state index is 11.6. The molecule has 2 atom stereocenters. The van der Waals surface area contributed by atoms with Crippen molar-refractivity contribution in [3.05, 3.63) is 12.4 Å². The van der Waals surface area contributed by atoms with Gasteiger partial charge in [-0.1, -0.05) is 0 Å². The van der Waals surface area contributed by atoms with Crippen molar-refractivity contribution in [2.24, 2.45) is 0 Å². The summed E-state index contributed by atoms with van der Waals surface area (Å²) in [5.74, 6) is -1.52. The maximum Gasteiger partial charge on any atom is 0.161 e. The Labute approximate surface area is 41.9 Å². The number of alkyl halides is 1. The molecular weight excluding hydrogens is 121 g/mol. The molecule has 0 aromatic rings. The average Bonchev–Trinajstić information content (AvgIpc) is 1.68. The van der Waals surface area contributed by atoms with E-state index in [9.17, 15) is 8.78 Å². The van der Waals surface area contributed by atoms with Crippen molar-refractivity contribution in [1.29, 1.82) is 0 Å². The van der Waals surface area contributed by atoms with Gasteiger partial charge in [-0.15, -0.1) is 0 Å². The average molecular weight is 126 g/mol. The molecule has 0 heterocycles. The number of rotatable bonds is 2. The molecule has 0 aliphatic heterocycles. The van der Waals surface area contributed by atoms with Gasteiger partial charge in [0, 0.05) is 0 Å². The van der Waals surface area contributed by atoms with Gasteiger partial charge >= 0.3 is 0 Å². The molecule has 0 radical (unpaired) electrons. The Kier molecular flexibility index (Phi) is 4.15. The Hall–Kier alpha value is -0.0100. The lowest BCUT2D eigenvalue weighted by Gasteiger charge is -1.89. The van der Waals surface area contributed by atoms with Crippen LogP contribution in [0, 0.1) is 0 Å². The van der Waals surface area contributed by atoms with Crippen molar-refractivity contribution < 1.29 is 13.7 Å².